The molecule has 1 aliphatic rings. The first-order valence-electron chi connectivity index (χ1n) is 8.23. The number of aromatic nitrogens is 2. The Bertz CT molecular complexity index is 660. The Hall–Kier alpha value is -2.17. The quantitative estimate of drug-likeness (QED) is 0.838. The summed E-state index contributed by atoms with van der Waals surface area (Å²) in [5, 5.41) is 0. The lowest BCUT2D eigenvalue weighted by molar-refractivity contribution is 0.340. The van der Waals surface area contributed by atoms with Crippen LogP contribution in [0.5, 0.6) is 5.75 Å². The first-order valence-corrected chi connectivity index (χ1v) is 8.23. The topological polar surface area (TPSA) is 38.2 Å². The van der Waals surface area contributed by atoms with E-state index in [0.717, 1.165) is 25.1 Å². The van der Waals surface area contributed by atoms with E-state index in [2.05, 4.69) is 27.0 Å². The first-order chi connectivity index (χ1) is 11.2. The van der Waals surface area contributed by atoms with Crippen molar-refractivity contribution < 1.29 is 9.13 Å². The molecule has 5 heteroatoms. The van der Waals surface area contributed by atoms with Gasteiger partial charge in [0, 0.05) is 6.54 Å². The van der Waals surface area contributed by atoms with Crippen molar-refractivity contribution in [3.05, 3.63) is 47.7 Å². The number of benzene rings is 1. The van der Waals surface area contributed by atoms with Crippen molar-refractivity contribution in [1.29, 1.82) is 0 Å². The van der Waals surface area contributed by atoms with E-state index >= 15 is 0 Å². The molecule has 0 bridgehead atoms. The van der Waals surface area contributed by atoms with E-state index in [1.165, 1.54) is 11.9 Å². The summed E-state index contributed by atoms with van der Waals surface area (Å²) in [6.45, 7) is 5.34. The number of halogens is 1. The Morgan fingerprint density at radius 3 is 2.70 bits per heavy atom. The third-order valence-corrected chi connectivity index (χ3v) is 4.28. The van der Waals surface area contributed by atoms with Gasteiger partial charge in [0.2, 0.25) is 0 Å². The fourth-order valence-corrected chi connectivity index (χ4v) is 3.16. The van der Waals surface area contributed by atoms with E-state index in [9.17, 15) is 4.39 Å². The zero-order valence-electron chi connectivity index (χ0n) is 13.6. The summed E-state index contributed by atoms with van der Waals surface area (Å²) in [7, 11) is 0. The van der Waals surface area contributed by atoms with Gasteiger partial charge in [-0.3, -0.25) is 0 Å². The lowest BCUT2D eigenvalue weighted by atomic mass is 10.0. The van der Waals surface area contributed by atoms with Crippen LogP contribution in [0.1, 0.15) is 44.0 Å². The SMILES string of the molecule is CCOc1ccc(C2CCCN2c2ncnc(CC)c2F)cc1. The van der Waals surface area contributed by atoms with E-state index < -0.39 is 0 Å². The molecule has 122 valence electrons. The molecule has 1 saturated heterocycles. The predicted molar refractivity (Wildman–Crippen MR) is 88.3 cm³/mol. The standard InChI is InChI=1S/C18H22FN3O/c1-3-15-17(19)18(21-12-20-15)22-11-5-6-16(22)13-7-9-14(10-8-13)23-4-2/h7-10,12,16H,3-6,11H2,1-2H3. The maximum absolute atomic E-state index is 14.6. The molecule has 1 aliphatic heterocycles. The molecule has 0 saturated carbocycles. The highest BCUT2D eigenvalue weighted by atomic mass is 19.1. The zero-order valence-corrected chi connectivity index (χ0v) is 13.6. The van der Waals surface area contributed by atoms with Crippen LogP contribution in [0.4, 0.5) is 10.2 Å². The minimum absolute atomic E-state index is 0.153. The maximum Gasteiger partial charge on any atom is 0.187 e. The average molecular weight is 315 g/mol. The number of rotatable bonds is 5. The van der Waals surface area contributed by atoms with Crippen LogP contribution < -0.4 is 9.64 Å². The van der Waals surface area contributed by atoms with Crippen LogP contribution in [0.15, 0.2) is 30.6 Å². The van der Waals surface area contributed by atoms with Crippen molar-refractivity contribution in [2.45, 2.75) is 39.2 Å². The summed E-state index contributed by atoms with van der Waals surface area (Å²) in [4.78, 5) is 10.3. The van der Waals surface area contributed by atoms with Gasteiger partial charge in [0.1, 0.15) is 12.1 Å². The van der Waals surface area contributed by atoms with Gasteiger partial charge in [-0.05, 0) is 43.9 Å². The molecule has 23 heavy (non-hydrogen) atoms. The summed E-state index contributed by atoms with van der Waals surface area (Å²) < 4.78 is 20.1. The largest absolute Gasteiger partial charge is 0.494 e. The summed E-state index contributed by atoms with van der Waals surface area (Å²) in [5.41, 5.74) is 1.65. The maximum atomic E-state index is 14.6. The van der Waals surface area contributed by atoms with Gasteiger partial charge >= 0.3 is 0 Å². The number of anilines is 1. The van der Waals surface area contributed by atoms with Crippen LogP contribution in [0.25, 0.3) is 0 Å². The van der Waals surface area contributed by atoms with Gasteiger partial charge < -0.3 is 9.64 Å². The molecule has 4 nitrogen and oxygen atoms in total. The van der Waals surface area contributed by atoms with Gasteiger partial charge in [-0.2, -0.15) is 0 Å². The van der Waals surface area contributed by atoms with Gasteiger partial charge in [-0.1, -0.05) is 19.1 Å². The smallest absolute Gasteiger partial charge is 0.187 e. The third kappa shape index (κ3) is 3.14. The van der Waals surface area contributed by atoms with E-state index in [-0.39, 0.29) is 11.9 Å². The van der Waals surface area contributed by atoms with Crippen molar-refractivity contribution in [2.75, 3.05) is 18.1 Å². The van der Waals surface area contributed by atoms with Crippen LogP contribution in [-0.2, 0) is 6.42 Å². The number of hydrogen-bond acceptors (Lipinski definition) is 4. The molecule has 1 unspecified atom stereocenters. The normalized spacial score (nSPS) is 17.5. The number of aryl methyl sites for hydroxylation is 1. The highest BCUT2D eigenvalue weighted by molar-refractivity contribution is 5.46. The predicted octanol–water partition coefficient (Wildman–Crippen LogP) is 3.92. The van der Waals surface area contributed by atoms with E-state index in [4.69, 9.17) is 4.74 Å². The first kappa shape index (κ1) is 15.7. The van der Waals surface area contributed by atoms with Crippen LogP contribution in [-0.4, -0.2) is 23.1 Å². The lowest BCUT2D eigenvalue weighted by Gasteiger charge is -2.26. The number of hydrogen-bond donors (Lipinski definition) is 0. The van der Waals surface area contributed by atoms with Gasteiger partial charge in [0.15, 0.2) is 11.6 Å². The molecule has 2 heterocycles. The minimum atomic E-state index is -0.284. The molecule has 2 aromatic rings. The van der Waals surface area contributed by atoms with Gasteiger partial charge in [0.25, 0.3) is 0 Å². The Kier molecular flexibility index (Phi) is 4.74. The van der Waals surface area contributed by atoms with Crippen LogP contribution >= 0.6 is 0 Å². The molecule has 3 rings (SSSR count). The van der Waals surface area contributed by atoms with Crippen molar-refractivity contribution in [2.24, 2.45) is 0 Å². The summed E-state index contributed by atoms with van der Waals surface area (Å²) in [6.07, 6.45) is 4.06. The van der Waals surface area contributed by atoms with E-state index in [1.807, 2.05) is 26.0 Å². The molecule has 0 amide bonds. The molecular weight excluding hydrogens is 293 g/mol. The van der Waals surface area contributed by atoms with Gasteiger partial charge in [0.05, 0.1) is 18.3 Å². The van der Waals surface area contributed by atoms with Crippen LogP contribution in [0, 0.1) is 5.82 Å². The summed E-state index contributed by atoms with van der Waals surface area (Å²) in [6, 6.07) is 8.23. The molecule has 0 spiro atoms. The summed E-state index contributed by atoms with van der Waals surface area (Å²) in [5.74, 6) is 1.00. The molecule has 1 aromatic heterocycles. The Labute approximate surface area is 136 Å². The Morgan fingerprint density at radius 2 is 2.00 bits per heavy atom. The fourth-order valence-electron chi connectivity index (χ4n) is 3.16. The zero-order chi connectivity index (χ0) is 16.2. The lowest BCUT2D eigenvalue weighted by Crippen LogP contribution is -2.25. The average Bonchev–Trinajstić information content (AvgIpc) is 3.05. The van der Waals surface area contributed by atoms with E-state index in [0.29, 0.717) is 24.5 Å². The van der Waals surface area contributed by atoms with Crippen molar-refractivity contribution >= 4 is 5.82 Å². The molecule has 0 N–H and O–H groups in total. The van der Waals surface area contributed by atoms with Crippen LogP contribution in [0.3, 0.4) is 0 Å². The third-order valence-electron chi connectivity index (χ3n) is 4.28. The molecule has 1 aromatic carbocycles. The highest BCUT2D eigenvalue weighted by Crippen LogP contribution is 2.37. The Morgan fingerprint density at radius 1 is 1.22 bits per heavy atom. The van der Waals surface area contributed by atoms with E-state index in [1.54, 1.807) is 0 Å². The molecule has 0 radical (unpaired) electrons. The number of nitrogens with zero attached hydrogens (tertiary/aromatic N) is 3. The molecule has 1 atom stereocenters. The second-order valence-corrected chi connectivity index (χ2v) is 5.66. The molecule has 1 fully saturated rings. The molecular formula is C18H22FN3O. The van der Waals surface area contributed by atoms with Gasteiger partial charge in [-0.15, -0.1) is 0 Å². The molecule has 0 aliphatic carbocycles. The van der Waals surface area contributed by atoms with Crippen molar-refractivity contribution in [3.63, 3.8) is 0 Å². The van der Waals surface area contributed by atoms with Crippen LogP contribution in [0.2, 0.25) is 0 Å². The minimum Gasteiger partial charge on any atom is -0.494 e. The highest BCUT2D eigenvalue weighted by Gasteiger charge is 2.29. The fraction of sp³-hybridized carbons (Fsp3) is 0.444. The Balaban J connectivity index is 1.88. The number of ether oxygens (including phenoxy) is 1. The second-order valence-electron chi connectivity index (χ2n) is 5.66. The second kappa shape index (κ2) is 6.94. The van der Waals surface area contributed by atoms with Crippen molar-refractivity contribution in [1.82, 2.24) is 9.97 Å². The monoisotopic (exact) mass is 315 g/mol. The van der Waals surface area contributed by atoms with Crippen molar-refractivity contribution in [3.8, 4) is 5.75 Å². The van der Waals surface area contributed by atoms with Gasteiger partial charge in [-0.25, -0.2) is 14.4 Å². The summed E-state index contributed by atoms with van der Waals surface area (Å²) >= 11 is 0.